The molecule has 0 bridgehead atoms. The van der Waals surface area contributed by atoms with Gasteiger partial charge < -0.3 is 15.8 Å². The monoisotopic (exact) mass is 236 g/mol. The van der Waals surface area contributed by atoms with Crippen LogP contribution >= 0.6 is 0 Å². The second-order valence-corrected chi connectivity index (χ2v) is 4.08. The van der Waals surface area contributed by atoms with E-state index in [-0.39, 0.29) is 17.4 Å². The molecule has 1 unspecified atom stereocenters. The lowest BCUT2D eigenvalue weighted by Crippen LogP contribution is -2.34. The number of carbonyl (C=O) groups excluding carboxylic acids is 1. The van der Waals surface area contributed by atoms with E-state index < -0.39 is 0 Å². The second kappa shape index (κ2) is 5.58. The number of nitrogen functional groups attached to an aromatic ring is 1. The van der Waals surface area contributed by atoms with Crippen LogP contribution in [0, 0.1) is 5.92 Å². The van der Waals surface area contributed by atoms with Crippen molar-refractivity contribution in [3.63, 3.8) is 0 Å². The SMILES string of the molecule is Nc1nccnc1C(=O)NCC1CCCOC1. The molecule has 3 N–H and O–H groups in total. The normalized spacial score (nSPS) is 19.9. The lowest BCUT2D eigenvalue weighted by molar-refractivity contribution is 0.0536. The predicted molar refractivity (Wildman–Crippen MR) is 62.3 cm³/mol. The fourth-order valence-electron chi connectivity index (χ4n) is 1.81. The van der Waals surface area contributed by atoms with E-state index in [2.05, 4.69) is 15.3 Å². The number of nitrogens with one attached hydrogen (secondary N) is 1. The molecule has 1 saturated heterocycles. The summed E-state index contributed by atoms with van der Waals surface area (Å²) < 4.78 is 5.34. The Morgan fingerprint density at radius 2 is 2.35 bits per heavy atom. The van der Waals surface area contributed by atoms with Crippen LogP contribution in [-0.2, 0) is 4.74 Å². The van der Waals surface area contributed by atoms with Gasteiger partial charge in [-0.05, 0) is 18.8 Å². The highest BCUT2D eigenvalue weighted by atomic mass is 16.5. The number of aromatic nitrogens is 2. The standard InChI is InChI=1S/C11H16N4O2/c12-10-9(13-3-4-14-10)11(16)15-6-8-2-1-5-17-7-8/h3-4,8H,1-2,5-7H2,(H2,12,14)(H,15,16). The van der Waals surface area contributed by atoms with E-state index in [4.69, 9.17) is 10.5 Å². The molecule has 92 valence electrons. The number of amides is 1. The van der Waals surface area contributed by atoms with Gasteiger partial charge >= 0.3 is 0 Å². The van der Waals surface area contributed by atoms with E-state index in [9.17, 15) is 4.79 Å². The number of ether oxygens (including phenoxy) is 1. The first kappa shape index (κ1) is 11.8. The number of nitrogens with two attached hydrogens (primary N) is 1. The summed E-state index contributed by atoms with van der Waals surface area (Å²) >= 11 is 0. The predicted octanol–water partition coefficient (Wildman–Crippen LogP) is 0.215. The Labute approximate surface area is 99.6 Å². The van der Waals surface area contributed by atoms with Crippen molar-refractivity contribution in [3.05, 3.63) is 18.1 Å². The lowest BCUT2D eigenvalue weighted by Gasteiger charge is -2.22. The van der Waals surface area contributed by atoms with Crippen LogP contribution in [0.1, 0.15) is 23.3 Å². The molecule has 6 heteroatoms. The van der Waals surface area contributed by atoms with E-state index >= 15 is 0 Å². The number of rotatable bonds is 3. The number of carbonyl (C=O) groups is 1. The molecular formula is C11H16N4O2. The Morgan fingerprint density at radius 3 is 3.06 bits per heavy atom. The first-order chi connectivity index (χ1) is 8.27. The largest absolute Gasteiger partial charge is 0.382 e. The zero-order valence-electron chi connectivity index (χ0n) is 9.56. The molecule has 1 fully saturated rings. The van der Waals surface area contributed by atoms with Gasteiger partial charge in [0.15, 0.2) is 11.5 Å². The summed E-state index contributed by atoms with van der Waals surface area (Å²) in [5, 5.41) is 2.81. The summed E-state index contributed by atoms with van der Waals surface area (Å²) in [6.07, 6.45) is 5.04. The highest BCUT2D eigenvalue weighted by Crippen LogP contribution is 2.12. The Kier molecular flexibility index (Phi) is 3.87. The summed E-state index contributed by atoms with van der Waals surface area (Å²) in [6, 6.07) is 0. The molecule has 1 aromatic rings. The van der Waals surface area contributed by atoms with Crippen molar-refractivity contribution in [1.82, 2.24) is 15.3 Å². The van der Waals surface area contributed by atoms with Crippen molar-refractivity contribution >= 4 is 11.7 Å². The average Bonchev–Trinajstić information content (AvgIpc) is 2.38. The van der Waals surface area contributed by atoms with Crippen LogP contribution in [0.5, 0.6) is 0 Å². The fraction of sp³-hybridized carbons (Fsp3) is 0.545. The minimum atomic E-state index is -0.277. The quantitative estimate of drug-likeness (QED) is 0.783. The molecule has 6 nitrogen and oxygen atoms in total. The van der Waals surface area contributed by atoms with Gasteiger partial charge in [-0.25, -0.2) is 9.97 Å². The fourth-order valence-corrected chi connectivity index (χ4v) is 1.81. The lowest BCUT2D eigenvalue weighted by atomic mass is 10.0. The van der Waals surface area contributed by atoms with Crippen LogP contribution < -0.4 is 11.1 Å². The number of hydrogen-bond donors (Lipinski definition) is 2. The average molecular weight is 236 g/mol. The van der Waals surface area contributed by atoms with Crippen molar-refractivity contribution in [2.24, 2.45) is 5.92 Å². The first-order valence-electron chi connectivity index (χ1n) is 5.70. The third-order valence-corrected chi connectivity index (χ3v) is 2.75. The van der Waals surface area contributed by atoms with Crippen molar-refractivity contribution in [2.75, 3.05) is 25.5 Å². The van der Waals surface area contributed by atoms with Crippen LogP contribution in [0.15, 0.2) is 12.4 Å². The number of nitrogens with zero attached hydrogens (tertiary/aromatic N) is 2. The van der Waals surface area contributed by atoms with Gasteiger partial charge in [0, 0.05) is 25.5 Å². The van der Waals surface area contributed by atoms with Gasteiger partial charge in [0.25, 0.3) is 5.91 Å². The van der Waals surface area contributed by atoms with Crippen molar-refractivity contribution < 1.29 is 9.53 Å². The maximum Gasteiger partial charge on any atom is 0.273 e. The summed E-state index contributed by atoms with van der Waals surface area (Å²) in [5.74, 6) is 0.261. The highest BCUT2D eigenvalue weighted by molar-refractivity contribution is 5.96. The minimum Gasteiger partial charge on any atom is -0.382 e. The van der Waals surface area contributed by atoms with Gasteiger partial charge in [-0.15, -0.1) is 0 Å². The molecule has 0 spiro atoms. The topological polar surface area (TPSA) is 90.1 Å². The van der Waals surface area contributed by atoms with Crippen LogP contribution in [0.2, 0.25) is 0 Å². The molecule has 0 radical (unpaired) electrons. The second-order valence-electron chi connectivity index (χ2n) is 4.08. The molecule has 2 rings (SSSR count). The summed E-state index contributed by atoms with van der Waals surface area (Å²) in [7, 11) is 0. The van der Waals surface area contributed by atoms with Crippen molar-refractivity contribution in [3.8, 4) is 0 Å². The van der Waals surface area contributed by atoms with E-state index in [1.807, 2.05) is 0 Å². The van der Waals surface area contributed by atoms with Crippen LogP contribution in [0.25, 0.3) is 0 Å². The summed E-state index contributed by atoms with van der Waals surface area (Å²) in [5.41, 5.74) is 5.76. The van der Waals surface area contributed by atoms with Crippen LogP contribution in [-0.4, -0.2) is 35.6 Å². The maximum atomic E-state index is 11.8. The Hall–Kier alpha value is -1.69. The summed E-state index contributed by atoms with van der Waals surface area (Å²) in [6.45, 7) is 2.12. The molecule has 1 aliphatic rings. The Balaban J connectivity index is 1.87. The van der Waals surface area contributed by atoms with Gasteiger partial charge in [0.05, 0.1) is 6.61 Å². The first-order valence-corrected chi connectivity index (χ1v) is 5.70. The molecule has 0 aromatic carbocycles. The van der Waals surface area contributed by atoms with Crippen LogP contribution in [0.3, 0.4) is 0 Å². The molecule has 1 atom stereocenters. The van der Waals surface area contributed by atoms with E-state index in [0.717, 1.165) is 19.4 Å². The molecule has 0 aliphatic carbocycles. The molecular weight excluding hydrogens is 220 g/mol. The van der Waals surface area contributed by atoms with Gasteiger partial charge in [-0.2, -0.15) is 0 Å². The molecule has 2 heterocycles. The van der Waals surface area contributed by atoms with E-state index in [1.54, 1.807) is 0 Å². The number of hydrogen-bond acceptors (Lipinski definition) is 5. The smallest absolute Gasteiger partial charge is 0.273 e. The molecule has 0 saturated carbocycles. The van der Waals surface area contributed by atoms with Crippen molar-refractivity contribution in [1.29, 1.82) is 0 Å². The van der Waals surface area contributed by atoms with Crippen molar-refractivity contribution in [2.45, 2.75) is 12.8 Å². The third-order valence-electron chi connectivity index (χ3n) is 2.75. The van der Waals surface area contributed by atoms with Gasteiger partial charge in [-0.1, -0.05) is 0 Å². The summed E-state index contributed by atoms with van der Waals surface area (Å²) in [4.78, 5) is 19.5. The Bertz CT molecular complexity index is 391. The molecule has 17 heavy (non-hydrogen) atoms. The van der Waals surface area contributed by atoms with Crippen LogP contribution in [0.4, 0.5) is 5.82 Å². The van der Waals surface area contributed by atoms with Gasteiger partial charge in [-0.3, -0.25) is 4.79 Å². The highest BCUT2D eigenvalue weighted by Gasteiger charge is 2.17. The molecule has 1 aromatic heterocycles. The molecule has 1 aliphatic heterocycles. The number of anilines is 1. The third kappa shape index (κ3) is 3.13. The zero-order chi connectivity index (χ0) is 12.1. The Morgan fingerprint density at radius 1 is 1.53 bits per heavy atom. The maximum absolute atomic E-state index is 11.8. The van der Waals surface area contributed by atoms with Gasteiger partial charge in [0.2, 0.25) is 0 Å². The zero-order valence-corrected chi connectivity index (χ0v) is 9.56. The van der Waals surface area contributed by atoms with E-state index in [1.165, 1.54) is 12.4 Å². The minimum absolute atomic E-state index is 0.157. The van der Waals surface area contributed by atoms with Gasteiger partial charge in [0.1, 0.15) is 0 Å². The molecule has 1 amide bonds. The van der Waals surface area contributed by atoms with E-state index in [0.29, 0.717) is 19.1 Å².